The van der Waals surface area contributed by atoms with Crippen LogP contribution < -0.4 is 19.0 Å². The van der Waals surface area contributed by atoms with E-state index in [1.807, 2.05) is 39.2 Å². The number of fused-ring (bicyclic) bond motifs is 1. The number of carbonyl (C=O) groups excluding carboxylic acids is 1. The zero-order chi connectivity index (χ0) is 23.3. The molecule has 0 atom stereocenters. The lowest BCUT2D eigenvalue weighted by molar-refractivity contribution is 0.0996. The Bertz CT molecular complexity index is 1220. The Morgan fingerprint density at radius 2 is 1.66 bits per heavy atom. The van der Waals surface area contributed by atoms with Crippen molar-refractivity contribution in [2.45, 2.75) is 41.2 Å². The van der Waals surface area contributed by atoms with E-state index in [0.717, 1.165) is 21.3 Å². The number of aryl methyl sites for hydroxylation is 2. The van der Waals surface area contributed by atoms with Crippen LogP contribution in [-0.2, 0) is 6.54 Å². The van der Waals surface area contributed by atoms with Gasteiger partial charge in [-0.15, -0.1) is 6.42 Å². The van der Waals surface area contributed by atoms with Crippen LogP contribution in [0.4, 0.5) is 0 Å². The number of nitrogens with zero attached hydrogens (tertiary/aromatic N) is 2. The van der Waals surface area contributed by atoms with Crippen LogP contribution >= 0.6 is 11.3 Å². The number of aromatic nitrogens is 1. The quantitative estimate of drug-likeness (QED) is 0.457. The summed E-state index contributed by atoms with van der Waals surface area (Å²) < 4.78 is 20.1. The minimum absolute atomic E-state index is 0.326. The minimum atomic E-state index is -0.401. The Morgan fingerprint density at radius 3 is 2.22 bits per heavy atom. The summed E-state index contributed by atoms with van der Waals surface area (Å²) in [5.74, 6) is 3.67. The molecule has 0 saturated heterocycles. The predicted octanol–water partition coefficient (Wildman–Crippen LogP) is 4.89. The maximum Gasteiger partial charge on any atom is 0.279 e. The number of rotatable bonds is 8. The fourth-order valence-electron chi connectivity index (χ4n) is 3.51. The number of thiazole rings is 1. The number of amides is 1. The summed E-state index contributed by atoms with van der Waals surface area (Å²) in [5.41, 5.74) is 3.60. The average molecular weight is 453 g/mol. The molecular formula is C25H28N2O4S. The molecular weight excluding hydrogens is 424 g/mol. The van der Waals surface area contributed by atoms with Crippen LogP contribution in [0.5, 0.6) is 17.2 Å². The highest BCUT2D eigenvalue weighted by Crippen LogP contribution is 2.39. The van der Waals surface area contributed by atoms with Gasteiger partial charge >= 0.3 is 0 Å². The lowest BCUT2D eigenvalue weighted by Crippen LogP contribution is -2.16. The second kappa shape index (κ2) is 10.4. The lowest BCUT2D eigenvalue weighted by atomic mass is 10.1. The summed E-state index contributed by atoms with van der Waals surface area (Å²) in [6.45, 7) is 11.4. The lowest BCUT2D eigenvalue weighted by Gasteiger charge is -2.16. The molecule has 0 aliphatic rings. The first-order valence-corrected chi connectivity index (χ1v) is 11.4. The SMILES string of the molecule is C#CCn1c(=NC(=O)c2cc(OCC)c(OCC)c(OCC)c2)sc2c(C)cc(C)cc21. The number of carbonyl (C=O) groups is 1. The minimum Gasteiger partial charge on any atom is -0.490 e. The van der Waals surface area contributed by atoms with Crippen molar-refractivity contribution >= 4 is 27.5 Å². The van der Waals surface area contributed by atoms with E-state index in [9.17, 15) is 4.79 Å². The third kappa shape index (κ3) is 4.81. The van der Waals surface area contributed by atoms with E-state index < -0.39 is 5.91 Å². The largest absolute Gasteiger partial charge is 0.490 e. The van der Waals surface area contributed by atoms with E-state index >= 15 is 0 Å². The second-order valence-electron chi connectivity index (χ2n) is 7.12. The first kappa shape index (κ1) is 23.4. The Labute approximate surface area is 192 Å². The Kier molecular flexibility index (Phi) is 7.60. The van der Waals surface area contributed by atoms with Gasteiger partial charge in [-0.1, -0.05) is 23.3 Å². The highest BCUT2D eigenvalue weighted by molar-refractivity contribution is 7.16. The number of hydrogen-bond acceptors (Lipinski definition) is 5. The summed E-state index contributed by atoms with van der Waals surface area (Å²) in [6.07, 6.45) is 5.61. The highest BCUT2D eigenvalue weighted by Gasteiger charge is 2.19. The molecule has 168 valence electrons. The summed E-state index contributed by atoms with van der Waals surface area (Å²) in [6, 6.07) is 7.48. The van der Waals surface area contributed by atoms with Gasteiger partial charge in [-0.3, -0.25) is 4.79 Å². The molecule has 1 aromatic heterocycles. The van der Waals surface area contributed by atoms with E-state index in [0.29, 0.717) is 54.0 Å². The zero-order valence-corrected chi connectivity index (χ0v) is 20.0. The third-order valence-corrected chi connectivity index (χ3v) is 5.95. The summed E-state index contributed by atoms with van der Waals surface area (Å²) in [7, 11) is 0. The van der Waals surface area contributed by atoms with E-state index in [-0.39, 0.29) is 0 Å². The van der Waals surface area contributed by atoms with Gasteiger partial charge in [0.2, 0.25) is 5.75 Å². The van der Waals surface area contributed by atoms with Gasteiger partial charge in [0.05, 0.1) is 36.6 Å². The molecule has 7 heteroatoms. The molecule has 0 fully saturated rings. The molecule has 0 N–H and O–H groups in total. The molecule has 0 spiro atoms. The van der Waals surface area contributed by atoms with E-state index in [4.69, 9.17) is 20.6 Å². The van der Waals surface area contributed by atoms with Crippen molar-refractivity contribution in [2.24, 2.45) is 4.99 Å². The van der Waals surface area contributed by atoms with Crippen LogP contribution in [-0.4, -0.2) is 30.3 Å². The van der Waals surface area contributed by atoms with Gasteiger partial charge in [0.25, 0.3) is 5.91 Å². The molecule has 6 nitrogen and oxygen atoms in total. The van der Waals surface area contributed by atoms with Crippen LogP contribution in [0.3, 0.4) is 0 Å². The Morgan fingerprint density at radius 1 is 1.03 bits per heavy atom. The van der Waals surface area contributed by atoms with Gasteiger partial charge in [-0.05, 0) is 63.9 Å². The average Bonchev–Trinajstić information content (AvgIpc) is 3.08. The number of benzene rings is 2. The number of hydrogen-bond donors (Lipinski definition) is 0. The molecule has 2 aromatic carbocycles. The molecule has 0 aliphatic carbocycles. The van der Waals surface area contributed by atoms with E-state index in [1.165, 1.54) is 11.3 Å². The van der Waals surface area contributed by atoms with Crippen molar-refractivity contribution in [3.8, 4) is 29.6 Å². The monoisotopic (exact) mass is 452 g/mol. The first-order valence-electron chi connectivity index (χ1n) is 10.6. The maximum absolute atomic E-state index is 13.2. The van der Waals surface area contributed by atoms with Crippen molar-refractivity contribution in [3.05, 3.63) is 45.8 Å². The number of ether oxygens (including phenoxy) is 3. The smallest absolute Gasteiger partial charge is 0.279 e. The van der Waals surface area contributed by atoms with Gasteiger partial charge in [0.1, 0.15) is 0 Å². The summed E-state index contributed by atoms with van der Waals surface area (Å²) >= 11 is 1.46. The normalized spacial score (nSPS) is 11.4. The molecule has 1 amide bonds. The Hall–Kier alpha value is -3.24. The van der Waals surface area contributed by atoms with Crippen molar-refractivity contribution in [1.82, 2.24) is 4.57 Å². The zero-order valence-electron chi connectivity index (χ0n) is 19.2. The molecule has 0 radical (unpaired) electrons. The third-order valence-electron chi connectivity index (χ3n) is 4.72. The second-order valence-corrected chi connectivity index (χ2v) is 8.10. The van der Waals surface area contributed by atoms with Gasteiger partial charge in [0, 0.05) is 5.56 Å². The molecule has 1 heterocycles. The molecule has 0 aliphatic heterocycles. The fourth-order valence-corrected chi connectivity index (χ4v) is 4.58. The number of terminal acetylenes is 1. The van der Waals surface area contributed by atoms with Gasteiger partial charge in [-0.25, -0.2) is 0 Å². The highest BCUT2D eigenvalue weighted by atomic mass is 32.1. The van der Waals surface area contributed by atoms with Crippen molar-refractivity contribution in [1.29, 1.82) is 0 Å². The van der Waals surface area contributed by atoms with Crippen LogP contribution in [0.2, 0.25) is 0 Å². The van der Waals surface area contributed by atoms with Crippen molar-refractivity contribution in [3.63, 3.8) is 0 Å². The fraction of sp³-hybridized carbons (Fsp3) is 0.360. The topological polar surface area (TPSA) is 62.1 Å². The molecule has 0 saturated carbocycles. The molecule has 0 unspecified atom stereocenters. The molecule has 3 rings (SSSR count). The summed E-state index contributed by atoms with van der Waals surface area (Å²) in [4.78, 5) is 18.2. The summed E-state index contributed by atoms with van der Waals surface area (Å²) in [5, 5.41) is 0. The Balaban J connectivity index is 2.17. The molecule has 3 aromatic rings. The van der Waals surface area contributed by atoms with Crippen molar-refractivity contribution in [2.75, 3.05) is 19.8 Å². The van der Waals surface area contributed by atoms with E-state index in [2.05, 4.69) is 23.0 Å². The van der Waals surface area contributed by atoms with Gasteiger partial charge in [-0.2, -0.15) is 4.99 Å². The van der Waals surface area contributed by atoms with Crippen LogP contribution in [0.1, 0.15) is 42.3 Å². The van der Waals surface area contributed by atoms with E-state index in [1.54, 1.807) is 12.1 Å². The molecule has 32 heavy (non-hydrogen) atoms. The van der Waals surface area contributed by atoms with Crippen LogP contribution in [0.15, 0.2) is 29.3 Å². The predicted molar refractivity (Wildman–Crippen MR) is 128 cm³/mol. The standard InChI is InChI=1S/C25H28N2O4S/c1-7-11-27-19-13-16(5)12-17(6)23(19)32-25(27)26-24(28)18-14-20(29-8-2)22(31-10-4)21(15-18)30-9-3/h1,12-15H,8-11H2,2-6H3. The van der Waals surface area contributed by atoms with Gasteiger partial charge in [0.15, 0.2) is 16.3 Å². The van der Waals surface area contributed by atoms with Crippen molar-refractivity contribution < 1.29 is 19.0 Å². The van der Waals surface area contributed by atoms with Crippen LogP contribution in [0, 0.1) is 26.2 Å². The van der Waals surface area contributed by atoms with Gasteiger partial charge < -0.3 is 18.8 Å². The molecule has 0 bridgehead atoms. The first-order chi connectivity index (χ1) is 15.4. The maximum atomic E-state index is 13.2. The van der Waals surface area contributed by atoms with Crippen LogP contribution in [0.25, 0.3) is 10.2 Å².